The van der Waals surface area contributed by atoms with Gasteiger partial charge in [0.2, 0.25) is 5.91 Å². The molecule has 0 aliphatic heterocycles. The number of carbonyl (C=O) groups excluding carboxylic acids is 1. The van der Waals surface area contributed by atoms with E-state index in [2.05, 4.69) is 5.32 Å². The Morgan fingerprint density at radius 2 is 1.90 bits per heavy atom. The molecule has 20 heavy (non-hydrogen) atoms. The fourth-order valence-electron chi connectivity index (χ4n) is 2.84. The summed E-state index contributed by atoms with van der Waals surface area (Å²) in [6, 6.07) is 9.35. The maximum absolute atomic E-state index is 12.6. The molecule has 0 heterocycles. The second-order valence-corrected chi connectivity index (χ2v) is 6.02. The van der Waals surface area contributed by atoms with Crippen LogP contribution >= 0.6 is 0 Å². The Bertz CT molecular complexity index is 451. The van der Waals surface area contributed by atoms with E-state index in [0.717, 1.165) is 37.7 Å². The molecule has 1 unspecified atom stereocenters. The predicted molar refractivity (Wildman–Crippen MR) is 79.0 cm³/mol. The van der Waals surface area contributed by atoms with E-state index in [1.165, 1.54) is 0 Å². The SMILES string of the molecule is CC(N)(C(=O)NC1(CO)CCCCC1)c1ccccc1. The Labute approximate surface area is 120 Å². The van der Waals surface area contributed by atoms with Gasteiger partial charge in [0.25, 0.3) is 0 Å². The van der Waals surface area contributed by atoms with Crippen molar-refractivity contribution in [2.75, 3.05) is 6.61 Å². The van der Waals surface area contributed by atoms with Gasteiger partial charge in [-0.3, -0.25) is 4.79 Å². The molecule has 1 aromatic rings. The minimum Gasteiger partial charge on any atom is -0.394 e. The van der Waals surface area contributed by atoms with Gasteiger partial charge in [0.05, 0.1) is 12.1 Å². The lowest BCUT2D eigenvalue weighted by Gasteiger charge is -2.39. The molecule has 0 bridgehead atoms. The molecular formula is C16H24N2O2. The highest BCUT2D eigenvalue weighted by molar-refractivity contribution is 5.87. The molecule has 4 heteroatoms. The van der Waals surface area contributed by atoms with Crippen LogP contribution in [0, 0.1) is 0 Å². The van der Waals surface area contributed by atoms with Crippen molar-refractivity contribution in [3.8, 4) is 0 Å². The normalized spacial score (nSPS) is 20.9. The van der Waals surface area contributed by atoms with Gasteiger partial charge in [-0.05, 0) is 25.3 Å². The maximum Gasteiger partial charge on any atom is 0.244 e. The van der Waals surface area contributed by atoms with E-state index in [9.17, 15) is 9.90 Å². The summed E-state index contributed by atoms with van der Waals surface area (Å²) >= 11 is 0. The van der Waals surface area contributed by atoms with Crippen molar-refractivity contribution in [1.29, 1.82) is 0 Å². The van der Waals surface area contributed by atoms with Crippen LogP contribution < -0.4 is 11.1 Å². The van der Waals surface area contributed by atoms with E-state index >= 15 is 0 Å². The maximum atomic E-state index is 12.6. The van der Waals surface area contributed by atoms with Crippen molar-refractivity contribution >= 4 is 5.91 Å². The summed E-state index contributed by atoms with van der Waals surface area (Å²) < 4.78 is 0. The topological polar surface area (TPSA) is 75.4 Å². The molecule has 1 aliphatic carbocycles. The van der Waals surface area contributed by atoms with Crippen LogP contribution in [0.1, 0.15) is 44.6 Å². The Balaban J connectivity index is 2.14. The number of rotatable bonds is 4. The molecule has 0 saturated heterocycles. The second-order valence-electron chi connectivity index (χ2n) is 6.02. The van der Waals surface area contributed by atoms with Crippen molar-refractivity contribution in [1.82, 2.24) is 5.32 Å². The number of hydrogen-bond donors (Lipinski definition) is 3. The van der Waals surface area contributed by atoms with Crippen LogP contribution in [-0.2, 0) is 10.3 Å². The fraction of sp³-hybridized carbons (Fsp3) is 0.562. The third kappa shape index (κ3) is 3.02. The highest BCUT2D eigenvalue weighted by Crippen LogP contribution is 2.29. The fourth-order valence-corrected chi connectivity index (χ4v) is 2.84. The number of aliphatic hydroxyl groups is 1. The average molecular weight is 276 g/mol. The summed E-state index contributed by atoms with van der Waals surface area (Å²) in [7, 11) is 0. The van der Waals surface area contributed by atoms with Crippen molar-refractivity contribution in [3.05, 3.63) is 35.9 Å². The zero-order valence-electron chi connectivity index (χ0n) is 12.1. The highest BCUT2D eigenvalue weighted by atomic mass is 16.3. The van der Waals surface area contributed by atoms with Gasteiger partial charge in [-0.2, -0.15) is 0 Å². The van der Waals surface area contributed by atoms with E-state index in [4.69, 9.17) is 5.73 Å². The Morgan fingerprint density at radius 1 is 1.30 bits per heavy atom. The lowest BCUT2D eigenvalue weighted by Crippen LogP contribution is -2.59. The monoisotopic (exact) mass is 276 g/mol. The Morgan fingerprint density at radius 3 is 2.45 bits per heavy atom. The highest BCUT2D eigenvalue weighted by Gasteiger charge is 2.38. The third-order valence-electron chi connectivity index (χ3n) is 4.34. The third-order valence-corrected chi connectivity index (χ3v) is 4.34. The van der Waals surface area contributed by atoms with Crippen LogP contribution in [0.3, 0.4) is 0 Å². The van der Waals surface area contributed by atoms with E-state index in [0.29, 0.717) is 0 Å². The molecule has 110 valence electrons. The van der Waals surface area contributed by atoms with Gasteiger partial charge in [0, 0.05) is 0 Å². The van der Waals surface area contributed by atoms with Crippen molar-refractivity contribution in [3.63, 3.8) is 0 Å². The molecule has 1 atom stereocenters. The molecular weight excluding hydrogens is 252 g/mol. The quantitative estimate of drug-likeness (QED) is 0.783. The van der Waals surface area contributed by atoms with Crippen molar-refractivity contribution < 1.29 is 9.90 Å². The molecule has 0 spiro atoms. The second kappa shape index (κ2) is 5.94. The number of hydrogen-bond acceptors (Lipinski definition) is 3. The molecule has 2 rings (SSSR count). The Hall–Kier alpha value is -1.39. The summed E-state index contributed by atoms with van der Waals surface area (Å²) in [5.41, 5.74) is 5.42. The molecule has 4 N–H and O–H groups in total. The molecule has 1 aromatic carbocycles. The molecule has 1 saturated carbocycles. The van der Waals surface area contributed by atoms with Crippen LogP contribution in [0.2, 0.25) is 0 Å². The molecule has 4 nitrogen and oxygen atoms in total. The molecule has 1 amide bonds. The smallest absolute Gasteiger partial charge is 0.244 e. The number of carbonyl (C=O) groups is 1. The first-order valence-corrected chi connectivity index (χ1v) is 7.28. The minimum absolute atomic E-state index is 0.0242. The Kier molecular flexibility index (Phi) is 4.45. The number of benzene rings is 1. The number of amides is 1. The van der Waals surface area contributed by atoms with Gasteiger partial charge < -0.3 is 16.2 Å². The first-order chi connectivity index (χ1) is 9.50. The zero-order chi connectivity index (χ0) is 14.6. The van der Waals surface area contributed by atoms with Crippen LogP contribution in [-0.4, -0.2) is 23.2 Å². The molecule has 0 radical (unpaired) electrons. The van der Waals surface area contributed by atoms with Crippen molar-refractivity contribution in [2.45, 2.75) is 50.1 Å². The first-order valence-electron chi connectivity index (χ1n) is 7.28. The van der Waals surface area contributed by atoms with Gasteiger partial charge in [0.15, 0.2) is 0 Å². The molecule has 1 aliphatic rings. The van der Waals surface area contributed by atoms with Gasteiger partial charge >= 0.3 is 0 Å². The van der Waals surface area contributed by atoms with Crippen LogP contribution in [0.4, 0.5) is 0 Å². The number of aliphatic hydroxyl groups excluding tert-OH is 1. The van der Waals surface area contributed by atoms with Crippen molar-refractivity contribution in [2.24, 2.45) is 5.73 Å². The first kappa shape index (κ1) is 15.0. The van der Waals surface area contributed by atoms with E-state index in [1.807, 2.05) is 30.3 Å². The summed E-state index contributed by atoms with van der Waals surface area (Å²) in [6.45, 7) is 1.69. The van der Waals surface area contributed by atoms with E-state index in [-0.39, 0.29) is 12.5 Å². The standard InChI is InChI=1S/C16H24N2O2/c1-15(17,13-8-4-2-5-9-13)14(20)18-16(12-19)10-6-3-7-11-16/h2,4-5,8-9,19H,3,6-7,10-12,17H2,1H3,(H,18,20). The molecule has 1 fully saturated rings. The predicted octanol–water partition coefficient (Wildman–Crippen LogP) is 1.67. The summed E-state index contributed by atoms with van der Waals surface area (Å²) in [4.78, 5) is 12.6. The minimum atomic E-state index is -1.08. The largest absolute Gasteiger partial charge is 0.394 e. The lowest BCUT2D eigenvalue weighted by molar-refractivity contribution is -0.129. The average Bonchev–Trinajstić information content (AvgIpc) is 2.49. The van der Waals surface area contributed by atoms with Gasteiger partial charge in [-0.15, -0.1) is 0 Å². The van der Waals surface area contributed by atoms with Crippen LogP contribution in [0.25, 0.3) is 0 Å². The number of nitrogens with two attached hydrogens (primary N) is 1. The van der Waals surface area contributed by atoms with Gasteiger partial charge in [0.1, 0.15) is 5.54 Å². The summed E-state index contributed by atoms with van der Waals surface area (Å²) in [6.07, 6.45) is 4.87. The van der Waals surface area contributed by atoms with Gasteiger partial charge in [-0.1, -0.05) is 49.6 Å². The lowest BCUT2D eigenvalue weighted by atomic mass is 9.81. The van der Waals surface area contributed by atoms with Crippen LogP contribution in [0.5, 0.6) is 0 Å². The summed E-state index contributed by atoms with van der Waals surface area (Å²) in [5.74, 6) is -0.223. The van der Waals surface area contributed by atoms with E-state index < -0.39 is 11.1 Å². The zero-order valence-corrected chi connectivity index (χ0v) is 12.1. The van der Waals surface area contributed by atoms with Crippen LogP contribution in [0.15, 0.2) is 30.3 Å². The van der Waals surface area contributed by atoms with Gasteiger partial charge in [-0.25, -0.2) is 0 Å². The molecule has 0 aromatic heterocycles. The number of nitrogens with one attached hydrogen (secondary N) is 1. The van der Waals surface area contributed by atoms with E-state index in [1.54, 1.807) is 6.92 Å². The summed E-state index contributed by atoms with van der Waals surface area (Å²) in [5, 5.41) is 12.7.